The Kier molecular flexibility index (Phi) is 5.68. The van der Waals surface area contributed by atoms with E-state index < -0.39 is 10.0 Å². The molecule has 8 heteroatoms. The number of hydrogen-bond donors (Lipinski definition) is 2. The first-order valence-corrected chi connectivity index (χ1v) is 10.1. The number of sulfonamides is 1. The van der Waals surface area contributed by atoms with Crippen LogP contribution in [0.2, 0.25) is 0 Å². The molecule has 1 heterocycles. The van der Waals surface area contributed by atoms with E-state index in [-0.39, 0.29) is 24.8 Å². The number of benzene rings is 2. The van der Waals surface area contributed by atoms with Gasteiger partial charge in [0.05, 0.1) is 6.26 Å². The summed E-state index contributed by atoms with van der Waals surface area (Å²) < 4.78 is 30.1. The average molecular weight is 385 g/mol. The summed E-state index contributed by atoms with van der Waals surface area (Å²) >= 11 is 0. The molecule has 2 aromatic carbocycles. The first-order valence-electron chi connectivity index (χ1n) is 8.22. The molecule has 27 heavy (non-hydrogen) atoms. The SMILES string of the molecule is CS(=O)(=O)NCc1cccc(CNC(=O)c2ocnc2-c2ccccc2)c1. The van der Waals surface area contributed by atoms with Crippen LogP contribution < -0.4 is 10.0 Å². The molecular formula is C19H19N3O4S. The lowest BCUT2D eigenvalue weighted by Gasteiger charge is -2.08. The Bertz CT molecular complexity index is 1030. The molecule has 0 unspecified atom stereocenters. The standard InChI is InChI=1S/C19H19N3O4S/c1-27(24,25)22-12-15-7-5-6-14(10-15)11-20-19(23)18-17(21-13-26-18)16-8-3-2-4-9-16/h2-10,13,22H,11-12H2,1H3,(H,20,23). The molecule has 140 valence electrons. The number of carbonyl (C=O) groups excluding carboxylic acids is 1. The fourth-order valence-corrected chi connectivity index (χ4v) is 2.96. The molecule has 0 fully saturated rings. The smallest absolute Gasteiger partial charge is 0.289 e. The summed E-state index contributed by atoms with van der Waals surface area (Å²) in [7, 11) is -3.26. The normalized spacial score (nSPS) is 11.3. The van der Waals surface area contributed by atoms with E-state index in [2.05, 4.69) is 15.0 Å². The number of hydrogen-bond acceptors (Lipinski definition) is 5. The van der Waals surface area contributed by atoms with E-state index in [0.29, 0.717) is 5.69 Å². The molecule has 0 atom stereocenters. The molecule has 0 bridgehead atoms. The summed E-state index contributed by atoms with van der Waals surface area (Å²) in [4.78, 5) is 16.6. The Hall–Kier alpha value is -2.97. The molecule has 0 spiro atoms. The van der Waals surface area contributed by atoms with Crippen LogP contribution in [0.15, 0.2) is 65.4 Å². The maximum absolute atomic E-state index is 12.5. The molecule has 0 aliphatic carbocycles. The van der Waals surface area contributed by atoms with Crippen LogP contribution in [0.1, 0.15) is 21.7 Å². The number of aromatic nitrogens is 1. The highest BCUT2D eigenvalue weighted by Gasteiger charge is 2.18. The molecule has 0 aliphatic rings. The third-order valence-corrected chi connectivity index (χ3v) is 4.47. The number of rotatable bonds is 7. The van der Waals surface area contributed by atoms with Crippen molar-refractivity contribution in [2.24, 2.45) is 0 Å². The van der Waals surface area contributed by atoms with E-state index >= 15 is 0 Å². The van der Waals surface area contributed by atoms with Crippen LogP contribution >= 0.6 is 0 Å². The second kappa shape index (κ2) is 8.15. The topological polar surface area (TPSA) is 101 Å². The largest absolute Gasteiger partial charge is 0.438 e. The van der Waals surface area contributed by atoms with E-state index in [1.807, 2.05) is 54.6 Å². The van der Waals surface area contributed by atoms with Crippen molar-refractivity contribution < 1.29 is 17.6 Å². The van der Waals surface area contributed by atoms with Gasteiger partial charge >= 0.3 is 0 Å². The van der Waals surface area contributed by atoms with Gasteiger partial charge in [-0.1, -0.05) is 54.6 Å². The summed E-state index contributed by atoms with van der Waals surface area (Å²) in [6.45, 7) is 0.474. The van der Waals surface area contributed by atoms with E-state index in [0.717, 1.165) is 22.9 Å². The fraction of sp³-hybridized carbons (Fsp3) is 0.158. The van der Waals surface area contributed by atoms with Crippen LogP contribution in [0.25, 0.3) is 11.3 Å². The van der Waals surface area contributed by atoms with E-state index in [1.165, 1.54) is 6.39 Å². The van der Waals surface area contributed by atoms with Crippen LogP contribution in [0.5, 0.6) is 0 Å². The highest BCUT2D eigenvalue weighted by molar-refractivity contribution is 7.88. The van der Waals surface area contributed by atoms with Gasteiger partial charge in [0.2, 0.25) is 15.8 Å². The number of amides is 1. The van der Waals surface area contributed by atoms with Crippen molar-refractivity contribution in [3.63, 3.8) is 0 Å². The van der Waals surface area contributed by atoms with Crippen LogP contribution in [0.3, 0.4) is 0 Å². The Morgan fingerprint density at radius 2 is 1.74 bits per heavy atom. The Morgan fingerprint density at radius 3 is 2.44 bits per heavy atom. The highest BCUT2D eigenvalue weighted by atomic mass is 32.2. The van der Waals surface area contributed by atoms with Crippen molar-refractivity contribution in [1.82, 2.24) is 15.0 Å². The molecule has 1 amide bonds. The molecule has 1 aromatic heterocycles. The number of nitrogens with one attached hydrogen (secondary N) is 2. The maximum atomic E-state index is 12.5. The third-order valence-electron chi connectivity index (χ3n) is 3.80. The highest BCUT2D eigenvalue weighted by Crippen LogP contribution is 2.21. The van der Waals surface area contributed by atoms with Crippen LogP contribution in [-0.2, 0) is 23.1 Å². The van der Waals surface area contributed by atoms with Gasteiger partial charge in [-0.05, 0) is 11.1 Å². The second-order valence-corrected chi connectivity index (χ2v) is 7.83. The van der Waals surface area contributed by atoms with Crippen molar-refractivity contribution in [3.8, 4) is 11.3 Å². The molecule has 3 rings (SSSR count). The molecule has 3 aromatic rings. The van der Waals surface area contributed by atoms with E-state index in [1.54, 1.807) is 0 Å². The van der Waals surface area contributed by atoms with Crippen LogP contribution in [0.4, 0.5) is 0 Å². The first kappa shape index (κ1) is 18.8. The van der Waals surface area contributed by atoms with Crippen LogP contribution in [-0.4, -0.2) is 25.6 Å². The van der Waals surface area contributed by atoms with Crippen molar-refractivity contribution in [2.75, 3.05) is 6.26 Å². The minimum Gasteiger partial charge on any atom is -0.438 e. The van der Waals surface area contributed by atoms with Gasteiger partial charge in [-0.2, -0.15) is 0 Å². The molecule has 0 radical (unpaired) electrons. The average Bonchev–Trinajstić information content (AvgIpc) is 3.15. The number of carbonyl (C=O) groups is 1. The lowest BCUT2D eigenvalue weighted by Crippen LogP contribution is -2.23. The van der Waals surface area contributed by atoms with Gasteiger partial charge in [0, 0.05) is 18.7 Å². The summed E-state index contributed by atoms with van der Waals surface area (Å²) in [5.74, 6) is -0.220. The Balaban J connectivity index is 1.66. The predicted octanol–water partition coefficient (Wildman–Crippen LogP) is 2.32. The Labute approximate surface area is 157 Å². The van der Waals surface area contributed by atoms with Gasteiger partial charge < -0.3 is 9.73 Å². The third kappa shape index (κ3) is 5.25. The van der Waals surface area contributed by atoms with Gasteiger partial charge in [0.1, 0.15) is 5.69 Å². The minimum absolute atomic E-state index is 0.149. The molecule has 0 saturated carbocycles. The molecule has 2 N–H and O–H groups in total. The van der Waals surface area contributed by atoms with Gasteiger partial charge in [0.25, 0.3) is 5.91 Å². The first-order chi connectivity index (χ1) is 12.9. The second-order valence-electron chi connectivity index (χ2n) is 5.99. The van der Waals surface area contributed by atoms with Crippen molar-refractivity contribution in [3.05, 3.63) is 77.9 Å². The summed E-state index contributed by atoms with van der Waals surface area (Å²) in [6.07, 6.45) is 2.35. The van der Waals surface area contributed by atoms with Gasteiger partial charge in [-0.3, -0.25) is 4.79 Å². The van der Waals surface area contributed by atoms with Gasteiger partial charge in [-0.25, -0.2) is 18.1 Å². The lowest BCUT2D eigenvalue weighted by atomic mass is 10.1. The molecule has 0 aliphatic heterocycles. The van der Waals surface area contributed by atoms with Gasteiger partial charge in [0.15, 0.2) is 6.39 Å². The lowest BCUT2D eigenvalue weighted by molar-refractivity contribution is 0.0924. The quantitative estimate of drug-likeness (QED) is 0.650. The zero-order valence-corrected chi connectivity index (χ0v) is 15.5. The Morgan fingerprint density at radius 1 is 1.04 bits per heavy atom. The monoisotopic (exact) mass is 385 g/mol. The number of oxazole rings is 1. The van der Waals surface area contributed by atoms with Crippen molar-refractivity contribution >= 4 is 15.9 Å². The zero-order valence-electron chi connectivity index (χ0n) is 14.7. The molecular weight excluding hydrogens is 366 g/mol. The summed E-state index contributed by atoms with van der Waals surface area (Å²) in [5, 5.41) is 2.80. The molecule has 7 nitrogen and oxygen atoms in total. The minimum atomic E-state index is -3.26. The summed E-state index contributed by atoms with van der Waals surface area (Å²) in [5.41, 5.74) is 2.93. The van der Waals surface area contributed by atoms with E-state index in [9.17, 15) is 13.2 Å². The fourth-order valence-electron chi connectivity index (χ4n) is 2.54. The van der Waals surface area contributed by atoms with Crippen LogP contribution in [0, 0.1) is 0 Å². The predicted molar refractivity (Wildman–Crippen MR) is 101 cm³/mol. The zero-order chi connectivity index (χ0) is 19.3. The van der Waals surface area contributed by atoms with Crippen molar-refractivity contribution in [2.45, 2.75) is 13.1 Å². The van der Waals surface area contributed by atoms with Gasteiger partial charge in [-0.15, -0.1) is 0 Å². The summed E-state index contributed by atoms with van der Waals surface area (Å²) in [6, 6.07) is 16.6. The number of nitrogens with zero attached hydrogens (tertiary/aromatic N) is 1. The van der Waals surface area contributed by atoms with E-state index in [4.69, 9.17) is 4.42 Å². The van der Waals surface area contributed by atoms with Crippen molar-refractivity contribution in [1.29, 1.82) is 0 Å². The maximum Gasteiger partial charge on any atom is 0.289 e. The molecule has 0 saturated heterocycles.